The first-order valence-corrected chi connectivity index (χ1v) is 11.6. The number of nitro groups is 1. The lowest BCUT2D eigenvalue weighted by atomic mass is 10.0. The van der Waals surface area contributed by atoms with Crippen LogP contribution < -0.4 is 5.32 Å². The molecule has 1 amide bonds. The van der Waals surface area contributed by atoms with Gasteiger partial charge in [-0.3, -0.25) is 19.5 Å². The van der Waals surface area contributed by atoms with Crippen molar-refractivity contribution in [2.75, 3.05) is 13.2 Å². The average molecular weight is 464 g/mol. The number of carbonyl (C=O) groups is 2. The van der Waals surface area contributed by atoms with E-state index in [0.717, 1.165) is 0 Å². The van der Waals surface area contributed by atoms with Crippen LogP contribution in [-0.4, -0.2) is 41.2 Å². The second-order valence-corrected chi connectivity index (χ2v) is 8.81. The van der Waals surface area contributed by atoms with Gasteiger partial charge in [0, 0.05) is 23.6 Å². The number of carboxylic acids is 1. The van der Waals surface area contributed by atoms with Crippen molar-refractivity contribution in [3.05, 3.63) is 75.3 Å². The zero-order chi connectivity index (χ0) is 23.7. The molecule has 172 valence electrons. The van der Waals surface area contributed by atoms with E-state index in [0.29, 0.717) is 5.56 Å². The first-order chi connectivity index (χ1) is 15.2. The van der Waals surface area contributed by atoms with Gasteiger partial charge in [0.05, 0.1) is 24.3 Å². The number of carboxylic acid groups (broad SMARTS) is 1. The number of benzene rings is 2. The number of rotatable bonds is 12. The van der Waals surface area contributed by atoms with Crippen LogP contribution in [-0.2, 0) is 31.0 Å². The summed E-state index contributed by atoms with van der Waals surface area (Å²) in [4.78, 5) is 34.8. The molecule has 2 aromatic carbocycles. The van der Waals surface area contributed by atoms with Crippen LogP contribution in [0.15, 0.2) is 48.5 Å². The fourth-order valence-electron chi connectivity index (χ4n) is 3.03. The number of nitrogens with one attached hydrogen (secondary N) is 1. The lowest BCUT2D eigenvalue weighted by molar-refractivity contribution is -0.385. The lowest BCUT2D eigenvalue weighted by Crippen LogP contribution is -2.42. The highest BCUT2D eigenvalue weighted by Crippen LogP contribution is 2.51. The van der Waals surface area contributed by atoms with E-state index < -0.39 is 30.4 Å². The maximum absolute atomic E-state index is 12.6. The Balaban J connectivity index is 2.12. The van der Waals surface area contributed by atoms with Gasteiger partial charge in [-0.15, -0.1) is 0 Å². The predicted octanol–water partition coefficient (Wildman–Crippen LogP) is 3.79. The van der Waals surface area contributed by atoms with Gasteiger partial charge in [-0.1, -0.05) is 30.3 Å². The molecule has 0 aliphatic heterocycles. The van der Waals surface area contributed by atoms with Crippen LogP contribution >= 0.6 is 7.60 Å². The molecular weight excluding hydrogens is 439 g/mol. The minimum absolute atomic E-state index is 0.0337. The van der Waals surface area contributed by atoms with Crippen molar-refractivity contribution in [2.24, 2.45) is 0 Å². The van der Waals surface area contributed by atoms with E-state index >= 15 is 0 Å². The van der Waals surface area contributed by atoms with Gasteiger partial charge in [0.15, 0.2) is 0 Å². The van der Waals surface area contributed by atoms with Gasteiger partial charge < -0.3 is 19.5 Å². The van der Waals surface area contributed by atoms with Crippen molar-refractivity contribution < 1.29 is 33.2 Å². The standard InChI is InChI=1S/C21H25N2O8P/c1-3-30-32(29,31-4-2)14-15-9-11-16(12-10-15)20(24)22-18(21(25)26)13-17-7-5-6-8-19(17)23(27)28/h5-12,18H,3-4,13-14H2,1-2H3,(H,22,24)(H,25,26)/t18-/m1/s1. The van der Waals surface area contributed by atoms with Crippen LogP contribution in [0.1, 0.15) is 35.3 Å². The summed E-state index contributed by atoms with van der Waals surface area (Å²) in [7, 11) is -3.30. The van der Waals surface area contributed by atoms with Crippen LogP contribution in [0.5, 0.6) is 0 Å². The van der Waals surface area contributed by atoms with Crippen LogP contribution in [0.4, 0.5) is 5.69 Å². The lowest BCUT2D eigenvalue weighted by Gasteiger charge is -2.17. The summed E-state index contributed by atoms with van der Waals surface area (Å²) in [5, 5.41) is 23.0. The molecule has 0 saturated carbocycles. The number of hydrogen-bond acceptors (Lipinski definition) is 7. The molecule has 2 aromatic rings. The molecule has 2 rings (SSSR count). The van der Waals surface area contributed by atoms with Gasteiger partial charge >= 0.3 is 13.6 Å². The van der Waals surface area contributed by atoms with Crippen LogP contribution in [0.3, 0.4) is 0 Å². The summed E-state index contributed by atoms with van der Waals surface area (Å²) >= 11 is 0. The van der Waals surface area contributed by atoms with Crippen molar-refractivity contribution in [2.45, 2.75) is 32.5 Å². The van der Waals surface area contributed by atoms with Crippen molar-refractivity contribution in [1.82, 2.24) is 5.32 Å². The Morgan fingerprint density at radius 1 is 1.09 bits per heavy atom. The molecule has 1 atom stereocenters. The Kier molecular flexibility index (Phi) is 9.07. The Labute approximate surface area is 185 Å². The molecule has 0 unspecified atom stereocenters. The molecule has 0 heterocycles. The molecule has 32 heavy (non-hydrogen) atoms. The van der Waals surface area contributed by atoms with E-state index in [1.165, 1.54) is 30.3 Å². The molecule has 0 radical (unpaired) electrons. The fourth-order valence-corrected chi connectivity index (χ4v) is 4.73. The third-order valence-corrected chi connectivity index (χ3v) is 6.52. The largest absolute Gasteiger partial charge is 0.480 e. The maximum atomic E-state index is 12.6. The topological polar surface area (TPSA) is 145 Å². The zero-order valence-corrected chi connectivity index (χ0v) is 18.6. The van der Waals surface area contributed by atoms with E-state index in [4.69, 9.17) is 9.05 Å². The van der Waals surface area contributed by atoms with Gasteiger partial charge in [0.2, 0.25) is 0 Å². The van der Waals surface area contributed by atoms with E-state index in [1.54, 1.807) is 32.0 Å². The summed E-state index contributed by atoms with van der Waals surface area (Å²) in [6.07, 6.45) is -0.214. The Morgan fingerprint density at radius 2 is 1.69 bits per heavy atom. The highest BCUT2D eigenvalue weighted by Gasteiger charge is 2.26. The number of nitro benzene ring substituents is 1. The number of nitrogens with zero attached hydrogens (tertiary/aromatic N) is 1. The number of carbonyl (C=O) groups excluding carboxylic acids is 1. The van der Waals surface area contributed by atoms with Crippen LogP contribution in [0.25, 0.3) is 0 Å². The van der Waals surface area contributed by atoms with E-state index in [2.05, 4.69) is 5.32 Å². The number of aliphatic carboxylic acids is 1. The van der Waals surface area contributed by atoms with Gasteiger partial charge in [-0.25, -0.2) is 4.79 Å². The second-order valence-electron chi connectivity index (χ2n) is 6.76. The summed E-state index contributed by atoms with van der Waals surface area (Å²) in [5.41, 5.74) is 0.792. The highest BCUT2D eigenvalue weighted by atomic mass is 31.2. The third-order valence-electron chi connectivity index (χ3n) is 4.46. The minimum atomic E-state index is -3.30. The Bertz CT molecular complexity index is 999. The van der Waals surface area contributed by atoms with E-state index in [-0.39, 0.29) is 42.6 Å². The fraction of sp³-hybridized carbons (Fsp3) is 0.333. The Hall–Kier alpha value is -3.07. The summed E-state index contributed by atoms with van der Waals surface area (Å²) in [6.45, 7) is 3.88. The van der Waals surface area contributed by atoms with Crippen molar-refractivity contribution in [3.63, 3.8) is 0 Å². The Morgan fingerprint density at radius 3 is 2.22 bits per heavy atom. The first kappa shape index (κ1) is 25.2. The summed E-state index contributed by atoms with van der Waals surface area (Å²) < 4.78 is 23.1. The quantitative estimate of drug-likeness (QED) is 0.274. The van der Waals surface area contributed by atoms with Gasteiger partial charge in [-0.2, -0.15) is 0 Å². The van der Waals surface area contributed by atoms with Gasteiger partial charge in [0.1, 0.15) is 6.04 Å². The number of para-hydroxylation sites is 1. The summed E-state index contributed by atoms with van der Waals surface area (Å²) in [6, 6.07) is 10.5. The van der Waals surface area contributed by atoms with E-state index in [1.807, 2.05) is 0 Å². The highest BCUT2D eigenvalue weighted by molar-refractivity contribution is 7.53. The SMILES string of the molecule is CCOP(=O)(Cc1ccc(C(=O)N[C@H](Cc2ccccc2[N+](=O)[O-])C(=O)O)cc1)OCC. The second kappa shape index (κ2) is 11.5. The number of hydrogen-bond donors (Lipinski definition) is 2. The van der Waals surface area contributed by atoms with E-state index in [9.17, 15) is 29.4 Å². The predicted molar refractivity (Wildman–Crippen MR) is 117 cm³/mol. The maximum Gasteiger partial charge on any atom is 0.335 e. The molecule has 0 bridgehead atoms. The molecule has 10 nitrogen and oxygen atoms in total. The molecule has 0 saturated heterocycles. The monoisotopic (exact) mass is 464 g/mol. The normalized spacial score (nSPS) is 12.2. The minimum Gasteiger partial charge on any atom is -0.480 e. The molecular formula is C21H25N2O8P. The first-order valence-electron chi connectivity index (χ1n) is 9.92. The molecule has 11 heteroatoms. The molecule has 0 aliphatic carbocycles. The van der Waals surface area contributed by atoms with Crippen molar-refractivity contribution >= 4 is 25.2 Å². The molecule has 0 fully saturated rings. The van der Waals surface area contributed by atoms with Crippen LogP contribution in [0.2, 0.25) is 0 Å². The molecule has 0 aliphatic rings. The molecule has 0 spiro atoms. The van der Waals surface area contributed by atoms with Crippen LogP contribution in [0, 0.1) is 10.1 Å². The third kappa shape index (κ3) is 6.98. The smallest absolute Gasteiger partial charge is 0.335 e. The van der Waals surface area contributed by atoms with Gasteiger partial charge in [-0.05, 0) is 31.5 Å². The van der Waals surface area contributed by atoms with Crippen molar-refractivity contribution in [1.29, 1.82) is 0 Å². The van der Waals surface area contributed by atoms with Crippen molar-refractivity contribution in [3.8, 4) is 0 Å². The summed E-state index contributed by atoms with van der Waals surface area (Å²) in [5.74, 6) is -1.97. The average Bonchev–Trinajstić information content (AvgIpc) is 2.74. The number of amides is 1. The molecule has 2 N–H and O–H groups in total. The molecule has 0 aromatic heterocycles. The zero-order valence-electron chi connectivity index (χ0n) is 17.7. The van der Waals surface area contributed by atoms with Gasteiger partial charge in [0.25, 0.3) is 11.6 Å².